The molecule has 4 rings (SSSR count). The number of rotatable bonds is 10. The topological polar surface area (TPSA) is 88.1 Å². The van der Waals surface area contributed by atoms with Gasteiger partial charge in [-0.15, -0.1) is 0 Å². The first-order valence-electron chi connectivity index (χ1n) is 11.8. The van der Waals surface area contributed by atoms with E-state index >= 15 is 0 Å². The van der Waals surface area contributed by atoms with Crippen molar-refractivity contribution in [2.75, 3.05) is 10.8 Å². The minimum absolute atomic E-state index is 0.0914. The van der Waals surface area contributed by atoms with Gasteiger partial charge in [-0.25, -0.2) is 13.8 Å². The van der Waals surface area contributed by atoms with E-state index in [1.807, 2.05) is 31.2 Å². The van der Waals surface area contributed by atoms with Gasteiger partial charge in [0.2, 0.25) is 0 Å². The van der Waals surface area contributed by atoms with Gasteiger partial charge in [0.05, 0.1) is 16.8 Å². The maximum atomic E-state index is 13.3. The normalized spacial score (nSPS) is 11.3. The molecule has 0 spiro atoms. The molecule has 0 aliphatic heterocycles. The second-order valence-electron chi connectivity index (χ2n) is 8.40. The van der Waals surface area contributed by atoms with Crippen molar-refractivity contribution in [1.29, 1.82) is 0 Å². The molecule has 0 saturated carbocycles. The Kier molecular flexibility index (Phi) is 8.78. The van der Waals surface area contributed by atoms with Gasteiger partial charge in [0.25, 0.3) is 15.9 Å². The van der Waals surface area contributed by atoms with Gasteiger partial charge in [-0.1, -0.05) is 65.7 Å². The summed E-state index contributed by atoms with van der Waals surface area (Å²) < 4.78 is 33.5. The van der Waals surface area contributed by atoms with Crippen molar-refractivity contribution in [2.24, 2.45) is 5.10 Å². The fraction of sp³-hybridized carbons (Fsp3) is 0.103. The highest BCUT2D eigenvalue weighted by molar-refractivity contribution is 7.92. The predicted molar refractivity (Wildman–Crippen MR) is 150 cm³/mol. The number of amides is 1. The fourth-order valence-corrected chi connectivity index (χ4v) is 5.15. The van der Waals surface area contributed by atoms with Crippen LogP contribution in [0.1, 0.15) is 16.7 Å². The zero-order valence-electron chi connectivity index (χ0n) is 20.6. The summed E-state index contributed by atoms with van der Waals surface area (Å²) in [5.74, 6) is 0.0759. The number of nitrogens with zero attached hydrogens (tertiary/aromatic N) is 2. The van der Waals surface area contributed by atoms with Crippen LogP contribution >= 0.6 is 11.6 Å². The van der Waals surface area contributed by atoms with E-state index in [-0.39, 0.29) is 4.90 Å². The van der Waals surface area contributed by atoms with Crippen molar-refractivity contribution in [3.05, 3.63) is 125 Å². The molecule has 0 aliphatic carbocycles. The Morgan fingerprint density at radius 3 is 2.26 bits per heavy atom. The molecule has 0 unspecified atom stereocenters. The number of benzene rings is 4. The molecule has 4 aromatic carbocycles. The molecule has 0 heterocycles. The molecular formula is C29H26ClN3O4S. The van der Waals surface area contributed by atoms with Crippen LogP contribution < -0.4 is 14.5 Å². The number of aryl methyl sites for hydroxylation is 1. The number of carbonyl (C=O) groups excluding carboxylic acids is 1. The molecule has 0 aromatic heterocycles. The molecule has 38 heavy (non-hydrogen) atoms. The summed E-state index contributed by atoms with van der Waals surface area (Å²) >= 11 is 6.16. The lowest BCUT2D eigenvalue weighted by molar-refractivity contribution is -0.119. The first-order chi connectivity index (χ1) is 18.3. The number of sulfonamides is 1. The van der Waals surface area contributed by atoms with Crippen molar-refractivity contribution in [3.8, 4) is 5.75 Å². The van der Waals surface area contributed by atoms with Gasteiger partial charge in [-0.2, -0.15) is 5.10 Å². The average Bonchev–Trinajstić information content (AvgIpc) is 2.93. The Bertz CT molecular complexity index is 1510. The standard InChI is InChI=1S/C29H26ClN3O4S/c1-22-11-15-25(16-12-22)33(38(35,36)27-8-3-2-4-9-27)20-29(34)32-31-19-23-13-17-26(18-14-23)37-21-24-7-5-6-10-28(24)30/h2-19H,20-21H2,1H3,(H,32,34)/b31-19-. The van der Waals surface area contributed by atoms with Gasteiger partial charge in [0, 0.05) is 10.6 Å². The van der Waals surface area contributed by atoms with Crippen LogP contribution in [-0.4, -0.2) is 27.1 Å². The highest BCUT2D eigenvalue weighted by Crippen LogP contribution is 2.24. The van der Waals surface area contributed by atoms with E-state index < -0.39 is 22.5 Å². The molecule has 0 aliphatic rings. The van der Waals surface area contributed by atoms with Crippen LogP contribution in [-0.2, 0) is 21.4 Å². The van der Waals surface area contributed by atoms with Crippen LogP contribution in [0.3, 0.4) is 0 Å². The first-order valence-corrected chi connectivity index (χ1v) is 13.6. The maximum absolute atomic E-state index is 13.3. The summed E-state index contributed by atoms with van der Waals surface area (Å²) in [6.07, 6.45) is 1.47. The quantitative estimate of drug-likeness (QED) is 0.207. The van der Waals surface area contributed by atoms with Crippen LogP contribution in [0.25, 0.3) is 0 Å². The number of hydrogen-bond donors (Lipinski definition) is 1. The summed E-state index contributed by atoms with van der Waals surface area (Å²) in [7, 11) is -3.97. The van der Waals surface area contributed by atoms with Gasteiger partial charge in [0.15, 0.2) is 0 Å². The SMILES string of the molecule is Cc1ccc(N(CC(=O)N/N=C\c2ccc(OCc3ccccc3Cl)cc2)S(=O)(=O)c2ccccc2)cc1. The molecule has 0 fully saturated rings. The second kappa shape index (κ2) is 12.4. The Balaban J connectivity index is 1.39. The van der Waals surface area contributed by atoms with E-state index in [0.717, 1.165) is 21.0 Å². The lowest BCUT2D eigenvalue weighted by Crippen LogP contribution is -2.39. The molecular weight excluding hydrogens is 522 g/mol. The molecule has 194 valence electrons. The van der Waals surface area contributed by atoms with Crippen LogP contribution in [0.5, 0.6) is 5.75 Å². The lowest BCUT2D eigenvalue weighted by Gasteiger charge is -2.23. The highest BCUT2D eigenvalue weighted by atomic mass is 35.5. The highest BCUT2D eigenvalue weighted by Gasteiger charge is 2.27. The number of anilines is 1. The van der Waals surface area contributed by atoms with Gasteiger partial charge in [-0.3, -0.25) is 9.10 Å². The third kappa shape index (κ3) is 7.00. The van der Waals surface area contributed by atoms with E-state index in [0.29, 0.717) is 23.1 Å². The molecule has 0 saturated heterocycles. The molecule has 7 nitrogen and oxygen atoms in total. The molecule has 0 bridgehead atoms. The number of ether oxygens (including phenoxy) is 1. The molecule has 0 atom stereocenters. The Morgan fingerprint density at radius 1 is 0.921 bits per heavy atom. The van der Waals surface area contributed by atoms with E-state index in [4.69, 9.17) is 16.3 Å². The Labute approximate surface area is 227 Å². The monoisotopic (exact) mass is 547 g/mol. The van der Waals surface area contributed by atoms with Crippen LogP contribution in [0, 0.1) is 6.92 Å². The number of nitrogens with one attached hydrogen (secondary N) is 1. The van der Waals surface area contributed by atoms with Crippen LogP contribution in [0.15, 0.2) is 113 Å². The largest absolute Gasteiger partial charge is 0.489 e. The third-order valence-electron chi connectivity index (χ3n) is 5.58. The van der Waals surface area contributed by atoms with Gasteiger partial charge < -0.3 is 4.74 Å². The summed E-state index contributed by atoms with van der Waals surface area (Å²) in [6.45, 7) is 1.80. The molecule has 1 N–H and O–H groups in total. The number of hydrogen-bond acceptors (Lipinski definition) is 5. The minimum Gasteiger partial charge on any atom is -0.489 e. The molecule has 4 aromatic rings. The summed E-state index contributed by atoms with van der Waals surface area (Å²) in [6, 6.07) is 29.5. The van der Waals surface area contributed by atoms with E-state index in [1.54, 1.807) is 66.7 Å². The molecule has 9 heteroatoms. The van der Waals surface area contributed by atoms with Crippen molar-refractivity contribution >= 4 is 39.4 Å². The summed E-state index contributed by atoms with van der Waals surface area (Å²) in [5.41, 5.74) is 5.38. The summed E-state index contributed by atoms with van der Waals surface area (Å²) in [5, 5.41) is 4.63. The maximum Gasteiger partial charge on any atom is 0.264 e. The van der Waals surface area contributed by atoms with E-state index in [9.17, 15) is 13.2 Å². The lowest BCUT2D eigenvalue weighted by atomic mass is 10.2. The average molecular weight is 548 g/mol. The van der Waals surface area contributed by atoms with Crippen molar-refractivity contribution < 1.29 is 17.9 Å². The zero-order chi connectivity index (χ0) is 27.0. The third-order valence-corrected chi connectivity index (χ3v) is 7.73. The van der Waals surface area contributed by atoms with Crippen molar-refractivity contribution in [1.82, 2.24) is 5.43 Å². The van der Waals surface area contributed by atoms with Gasteiger partial charge >= 0.3 is 0 Å². The zero-order valence-corrected chi connectivity index (χ0v) is 22.2. The second-order valence-corrected chi connectivity index (χ2v) is 10.7. The molecule has 0 radical (unpaired) electrons. The number of carbonyl (C=O) groups is 1. The predicted octanol–water partition coefficient (Wildman–Crippen LogP) is 5.57. The van der Waals surface area contributed by atoms with E-state index in [1.165, 1.54) is 18.3 Å². The Hall–Kier alpha value is -4.14. The number of halogens is 1. The summed E-state index contributed by atoms with van der Waals surface area (Å²) in [4.78, 5) is 12.8. The van der Waals surface area contributed by atoms with E-state index in [2.05, 4.69) is 10.5 Å². The number of hydrazone groups is 1. The van der Waals surface area contributed by atoms with Gasteiger partial charge in [-0.05, 0) is 67.1 Å². The van der Waals surface area contributed by atoms with Gasteiger partial charge in [0.1, 0.15) is 18.9 Å². The molecule has 1 amide bonds. The van der Waals surface area contributed by atoms with Crippen molar-refractivity contribution in [2.45, 2.75) is 18.4 Å². The minimum atomic E-state index is -3.97. The van der Waals surface area contributed by atoms with Crippen molar-refractivity contribution in [3.63, 3.8) is 0 Å². The van der Waals surface area contributed by atoms with Crippen LogP contribution in [0.2, 0.25) is 5.02 Å². The fourth-order valence-electron chi connectivity index (χ4n) is 3.52. The van der Waals surface area contributed by atoms with Crippen LogP contribution in [0.4, 0.5) is 5.69 Å². The smallest absolute Gasteiger partial charge is 0.264 e. The first kappa shape index (κ1) is 26.9. The Morgan fingerprint density at radius 2 is 1.58 bits per heavy atom.